The number of benzene rings is 1. The molecule has 0 aliphatic carbocycles. The molecule has 0 radical (unpaired) electrons. The van der Waals surface area contributed by atoms with Crippen LogP contribution in [0.4, 0.5) is 0 Å². The second kappa shape index (κ2) is 8.95. The molecule has 0 aliphatic heterocycles. The summed E-state index contributed by atoms with van der Waals surface area (Å²) in [6, 6.07) is 8.54. The van der Waals surface area contributed by atoms with Crippen molar-refractivity contribution in [1.29, 1.82) is 0 Å². The fourth-order valence-electron chi connectivity index (χ4n) is 1.04. The first-order valence-corrected chi connectivity index (χ1v) is 5.24. The standard InChI is InChI=1S/C9H11NO2.C4H6O2/c10-8(9(11)12)6-7-4-2-1-3-5-7;1-3-4(5)6-2/h1-5,8H,6,10H2,(H,11,12);3H,1H2,2H3/t8-;/m0./s1. The molecule has 0 heterocycles. The molecule has 1 rings (SSSR count). The molecule has 0 amide bonds. The molecular weight excluding hydrogens is 234 g/mol. The van der Waals surface area contributed by atoms with Crippen LogP contribution in [0.5, 0.6) is 0 Å². The smallest absolute Gasteiger partial charge is 0.329 e. The van der Waals surface area contributed by atoms with Gasteiger partial charge in [0.25, 0.3) is 0 Å². The van der Waals surface area contributed by atoms with Gasteiger partial charge in [0.1, 0.15) is 6.04 Å². The number of hydrogen-bond acceptors (Lipinski definition) is 4. The Morgan fingerprint density at radius 3 is 2.33 bits per heavy atom. The van der Waals surface area contributed by atoms with Crippen molar-refractivity contribution in [2.75, 3.05) is 7.11 Å². The second-order valence-electron chi connectivity index (χ2n) is 3.36. The van der Waals surface area contributed by atoms with Crippen molar-refractivity contribution in [3.8, 4) is 0 Å². The first kappa shape index (κ1) is 15.9. The molecule has 0 bridgehead atoms. The van der Waals surface area contributed by atoms with Crippen LogP contribution in [0.3, 0.4) is 0 Å². The van der Waals surface area contributed by atoms with Crippen LogP contribution in [-0.2, 0) is 20.7 Å². The molecule has 3 N–H and O–H groups in total. The average Bonchev–Trinajstić information content (AvgIpc) is 2.39. The van der Waals surface area contributed by atoms with Crippen molar-refractivity contribution >= 4 is 11.9 Å². The summed E-state index contributed by atoms with van der Waals surface area (Å²) in [6.45, 7) is 3.16. The van der Waals surface area contributed by atoms with Crippen LogP contribution in [0.1, 0.15) is 5.56 Å². The van der Waals surface area contributed by atoms with E-state index in [1.807, 2.05) is 30.3 Å². The predicted molar refractivity (Wildman–Crippen MR) is 68.0 cm³/mol. The number of carboxylic acids is 1. The summed E-state index contributed by atoms with van der Waals surface area (Å²) in [4.78, 5) is 20.2. The van der Waals surface area contributed by atoms with Gasteiger partial charge in [-0.3, -0.25) is 4.79 Å². The van der Waals surface area contributed by atoms with E-state index in [1.165, 1.54) is 7.11 Å². The molecule has 0 fully saturated rings. The maximum atomic E-state index is 10.4. The topological polar surface area (TPSA) is 89.6 Å². The Bertz CT molecular complexity index is 389. The molecule has 0 aromatic heterocycles. The Morgan fingerprint density at radius 1 is 1.44 bits per heavy atom. The number of methoxy groups -OCH3 is 1. The zero-order valence-corrected chi connectivity index (χ0v) is 10.2. The molecule has 1 atom stereocenters. The lowest BCUT2D eigenvalue weighted by atomic mass is 10.1. The van der Waals surface area contributed by atoms with E-state index in [4.69, 9.17) is 10.8 Å². The molecule has 98 valence electrons. The highest BCUT2D eigenvalue weighted by Crippen LogP contribution is 2.01. The quantitative estimate of drug-likeness (QED) is 0.615. The molecule has 0 saturated carbocycles. The largest absolute Gasteiger partial charge is 0.480 e. The Kier molecular flexibility index (Phi) is 7.89. The highest BCUT2D eigenvalue weighted by Gasteiger charge is 2.10. The van der Waals surface area contributed by atoms with Crippen molar-refractivity contribution < 1.29 is 19.4 Å². The molecule has 0 spiro atoms. The Hall–Kier alpha value is -2.14. The Labute approximate surface area is 106 Å². The maximum Gasteiger partial charge on any atom is 0.329 e. The van der Waals surface area contributed by atoms with E-state index in [-0.39, 0.29) is 0 Å². The lowest BCUT2D eigenvalue weighted by molar-refractivity contribution is -0.138. The second-order valence-corrected chi connectivity index (χ2v) is 3.36. The number of carboxylic acid groups (broad SMARTS) is 1. The number of carbonyl (C=O) groups excluding carboxylic acids is 1. The van der Waals surface area contributed by atoms with E-state index < -0.39 is 18.0 Å². The summed E-state index contributed by atoms with van der Waals surface area (Å²) in [6.07, 6.45) is 1.50. The van der Waals surface area contributed by atoms with E-state index in [0.29, 0.717) is 6.42 Å². The lowest BCUT2D eigenvalue weighted by Gasteiger charge is -2.04. The maximum absolute atomic E-state index is 10.4. The number of rotatable bonds is 4. The summed E-state index contributed by atoms with van der Waals surface area (Å²) >= 11 is 0. The van der Waals surface area contributed by atoms with E-state index in [9.17, 15) is 9.59 Å². The fourth-order valence-corrected chi connectivity index (χ4v) is 1.04. The molecule has 1 aromatic carbocycles. The van der Waals surface area contributed by atoms with Gasteiger partial charge in [0.05, 0.1) is 7.11 Å². The van der Waals surface area contributed by atoms with E-state index >= 15 is 0 Å². The number of carbonyl (C=O) groups is 2. The van der Waals surface area contributed by atoms with Gasteiger partial charge < -0.3 is 15.6 Å². The molecular formula is C13H17NO4. The molecule has 0 unspecified atom stereocenters. The molecule has 18 heavy (non-hydrogen) atoms. The SMILES string of the molecule is C=CC(=O)OC.N[C@@H](Cc1ccccc1)C(=O)O. The molecule has 0 aliphatic rings. The van der Waals surface area contributed by atoms with Gasteiger partial charge >= 0.3 is 11.9 Å². The number of hydrogen-bond donors (Lipinski definition) is 2. The van der Waals surface area contributed by atoms with Crippen LogP contribution in [0.2, 0.25) is 0 Å². The molecule has 5 heteroatoms. The summed E-state index contributed by atoms with van der Waals surface area (Å²) in [7, 11) is 1.31. The van der Waals surface area contributed by atoms with Crippen molar-refractivity contribution in [1.82, 2.24) is 0 Å². The summed E-state index contributed by atoms with van der Waals surface area (Å²) in [5.41, 5.74) is 6.30. The minimum absolute atomic E-state index is 0.385. The monoisotopic (exact) mass is 251 g/mol. The number of esters is 1. The highest BCUT2D eigenvalue weighted by molar-refractivity contribution is 5.80. The Morgan fingerprint density at radius 2 is 2.00 bits per heavy atom. The molecule has 0 saturated heterocycles. The zero-order chi connectivity index (χ0) is 14.0. The predicted octanol–water partition coefficient (Wildman–Crippen LogP) is 0.986. The van der Waals surface area contributed by atoms with Crippen LogP contribution in [0, 0.1) is 0 Å². The zero-order valence-electron chi connectivity index (χ0n) is 10.2. The highest BCUT2D eigenvalue weighted by atomic mass is 16.5. The van der Waals surface area contributed by atoms with E-state index in [2.05, 4.69) is 11.3 Å². The minimum atomic E-state index is -0.959. The van der Waals surface area contributed by atoms with Crippen LogP contribution in [-0.4, -0.2) is 30.2 Å². The first-order valence-electron chi connectivity index (χ1n) is 5.24. The number of nitrogens with two attached hydrogens (primary N) is 1. The van der Waals surface area contributed by atoms with Gasteiger partial charge in [-0.15, -0.1) is 0 Å². The normalized spacial score (nSPS) is 10.6. The number of ether oxygens (including phenoxy) is 1. The van der Waals surface area contributed by atoms with Crippen molar-refractivity contribution in [2.24, 2.45) is 5.73 Å². The van der Waals surface area contributed by atoms with Crippen LogP contribution in [0.15, 0.2) is 43.0 Å². The fraction of sp³-hybridized carbons (Fsp3) is 0.231. The molecule has 5 nitrogen and oxygen atoms in total. The first-order chi connectivity index (χ1) is 8.51. The number of aliphatic carboxylic acids is 1. The van der Waals surface area contributed by atoms with Crippen molar-refractivity contribution in [3.05, 3.63) is 48.6 Å². The third-order valence-corrected chi connectivity index (χ3v) is 1.98. The van der Waals surface area contributed by atoms with Crippen molar-refractivity contribution in [2.45, 2.75) is 12.5 Å². The van der Waals surface area contributed by atoms with Crippen molar-refractivity contribution in [3.63, 3.8) is 0 Å². The minimum Gasteiger partial charge on any atom is -0.480 e. The van der Waals surface area contributed by atoms with Gasteiger partial charge in [-0.05, 0) is 12.0 Å². The average molecular weight is 251 g/mol. The van der Waals surface area contributed by atoms with Gasteiger partial charge in [-0.2, -0.15) is 0 Å². The summed E-state index contributed by atoms with van der Waals surface area (Å²) in [5.74, 6) is -1.35. The van der Waals surface area contributed by atoms with Crippen LogP contribution < -0.4 is 5.73 Å². The Balaban J connectivity index is 0.000000411. The van der Waals surface area contributed by atoms with E-state index in [0.717, 1.165) is 11.6 Å². The van der Waals surface area contributed by atoms with Gasteiger partial charge in [-0.25, -0.2) is 4.79 Å². The van der Waals surface area contributed by atoms with Crippen LogP contribution in [0.25, 0.3) is 0 Å². The van der Waals surface area contributed by atoms with Crippen LogP contribution >= 0.6 is 0 Å². The van der Waals surface area contributed by atoms with Gasteiger partial charge in [0.15, 0.2) is 0 Å². The third-order valence-electron chi connectivity index (χ3n) is 1.98. The van der Waals surface area contributed by atoms with Gasteiger partial charge in [0.2, 0.25) is 0 Å². The molecule has 1 aromatic rings. The summed E-state index contributed by atoms with van der Waals surface area (Å²) < 4.78 is 4.14. The lowest BCUT2D eigenvalue weighted by Crippen LogP contribution is -2.32. The third kappa shape index (κ3) is 7.19. The van der Waals surface area contributed by atoms with Gasteiger partial charge in [-0.1, -0.05) is 36.9 Å². The van der Waals surface area contributed by atoms with E-state index in [1.54, 1.807) is 0 Å². The summed E-state index contributed by atoms with van der Waals surface area (Å²) in [5, 5.41) is 8.52. The van der Waals surface area contributed by atoms with Gasteiger partial charge in [0, 0.05) is 6.08 Å².